The second-order valence-electron chi connectivity index (χ2n) is 4.15. The molecular formula is C12H18N2O2. The Balaban J connectivity index is 2.01. The number of carbonyl (C=O) groups excluding carboxylic acids is 1. The molecule has 1 amide bonds. The third-order valence-corrected chi connectivity index (χ3v) is 2.87. The van der Waals surface area contributed by atoms with Crippen LogP contribution in [0, 0.1) is 0 Å². The molecule has 1 aromatic heterocycles. The summed E-state index contributed by atoms with van der Waals surface area (Å²) < 4.78 is 5.49. The highest BCUT2D eigenvalue weighted by atomic mass is 16.4. The van der Waals surface area contributed by atoms with Crippen LogP contribution in [0.2, 0.25) is 0 Å². The molecule has 88 valence electrons. The maximum atomic E-state index is 12.0. The van der Waals surface area contributed by atoms with Gasteiger partial charge < -0.3 is 14.6 Å². The van der Waals surface area contributed by atoms with Crippen LogP contribution in [0.15, 0.2) is 16.5 Å². The largest absolute Gasteiger partial charge is 0.455 e. The van der Waals surface area contributed by atoms with Crippen molar-refractivity contribution in [3.63, 3.8) is 0 Å². The number of furan rings is 1. The van der Waals surface area contributed by atoms with Crippen molar-refractivity contribution < 1.29 is 9.21 Å². The molecule has 1 N–H and O–H groups in total. The Kier molecular flexibility index (Phi) is 3.62. The smallest absolute Gasteiger partial charge is 0.289 e. The van der Waals surface area contributed by atoms with E-state index in [0.717, 1.165) is 31.7 Å². The van der Waals surface area contributed by atoms with E-state index in [9.17, 15) is 4.79 Å². The van der Waals surface area contributed by atoms with Crippen molar-refractivity contribution >= 4 is 5.91 Å². The van der Waals surface area contributed by atoms with E-state index < -0.39 is 0 Å². The Morgan fingerprint density at radius 1 is 1.38 bits per heavy atom. The Bertz CT molecular complexity index is 354. The number of carbonyl (C=O) groups is 1. The molecule has 0 aromatic carbocycles. The normalized spacial score (nSPS) is 16.4. The van der Waals surface area contributed by atoms with Gasteiger partial charge in [0, 0.05) is 13.1 Å². The molecule has 1 aromatic rings. The predicted molar refractivity (Wildman–Crippen MR) is 61.2 cm³/mol. The molecule has 4 heteroatoms. The standard InChI is InChI=1S/C12H18N2O2/c1-13-9-10-5-6-11(16-10)12(15)14-7-3-2-4-8-14/h5-6,13H,2-4,7-9H2,1H3. The fourth-order valence-electron chi connectivity index (χ4n) is 2.01. The van der Waals surface area contributed by atoms with Gasteiger partial charge in [-0.25, -0.2) is 0 Å². The molecule has 2 heterocycles. The molecule has 2 rings (SSSR count). The first-order chi connectivity index (χ1) is 7.81. The van der Waals surface area contributed by atoms with Crippen LogP contribution in [-0.4, -0.2) is 30.9 Å². The fourth-order valence-corrected chi connectivity index (χ4v) is 2.01. The molecule has 16 heavy (non-hydrogen) atoms. The summed E-state index contributed by atoms with van der Waals surface area (Å²) in [5.41, 5.74) is 0. The van der Waals surface area contributed by atoms with E-state index in [1.807, 2.05) is 18.0 Å². The number of likely N-dealkylation sites (tertiary alicyclic amines) is 1. The second kappa shape index (κ2) is 5.16. The second-order valence-corrected chi connectivity index (χ2v) is 4.15. The maximum Gasteiger partial charge on any atom is 0.289 e. The van der Waals surface area contributed by atoms with Gasteiger partial charge >= 0.3 is 0 Å². The molecule has 0 atom stereocenters. The first-order valence-electron chi connectivity index (χ1n) is 5.84. The summed E-state index contributed by atoms with van der Waals surface area (Å²) in [5.74, 6) is 1.30. The van der Waals surface area contributed by atoms with E-state index in [1.54, 1.807) is 6.07 Å². The van der Waals surface area contributed by atoms with E-state index in [2.05, 4.69) is 5.32 Å². The van der Waals surface area contributed by atoms with Crippen LogP contribution >= 0.6 is 0 Å². The molecule has 0 bridgehead atoms. The molecule has 1 aliphatic heterocycles. The van der Waals surface area contributed by atoms with Crippen molar-refractivity contribution in [2.24, 2.45) is 0 Å². The zero-order chi connectivity index (χ0) is 11.4. The zero-order valence-electron chi connectivity index (χ0n) is 9.66. The van der Waals surface area contributed by atoms with Crippen molar-refractivity contribution in [3.8, 4) is 0 Å². The molecule has 1 aliphatic rings. The van der Waals surface area contributed by atoms with E-state index in [-0.39, 0.29) is 5.91 Å². The summed E-state index contributed by atoms with van der Waals surface area (Å²) in [6, 6.07) is 3.62. The topological polar surface area (TPSA) is 45.5 Å². The highest BCUT2D eigenvalue weighted by molar-refractivity contribution is 5.91. The monoisotopic (exact) mass is 222 g/mol. The van der Waals surface area contributed by atoms with Crippen molar-refractivity contribution in [1.82, 2.24) is 10.2 Å². The Labute approximate surface area is 95.6 Å². The van der Waals surface area contributed by atoms with Gasteiger partial charge in [-0.2, -0.15) is 0 Å². The minimum Gasteiger partial charge on any atom is -0.455 e. The van der Waals surface area contributed by atoms with Gasteiger partial charge in [0.1, 0.15) is 5.76 Å². The van der Waals surface area contributed by atoms with Gasteiger partial charge in [0.2, 0.25) is 0 Å². The van der Waals surface area contributed by atoms with Gasteiger partial charge in [0.15, 0.2) is 5.76 Å². The molecule has 0 spiro atoms. The molecule has 0 radical (unpaired) electrons. The first kappa shape index (κ1) is 11.2. The summed E-state index contributed by atoms with van der Waals surface area (Å²) in [4.78, 5) is 13.9. The van der Waals surface area contributed by atoms with Crippen molar-refractivity contribution in [2.45, 2.75) is 25.8 Å². The first-order valence-corrected chi connectivity index (χ1v) is 5.84. The Morgan fingerprint density at radius 3 is 2.81 bits per heavy atom. The SMILES string of the molecule is CNCc1ccc(C(=O)N2CCCCC2)o1. The number of amides is 1. The maximum absolute atomic E-state index is 12.0. The molecule has 1 saturated heterocycles. The summed E-state index contributed by atoms with van der Waals surface area (Å²) in [5, 5.41) is 3.00. The van der Waals surface area contributed by atoms with E-state index in [1.165, 1.54) is 6.42 Å². The number of rotatable bonds is 3. The number of hydrogen-bond donors (Lipinski definition) is 1. The molecule has 0 saturated carbocycles. The number of piperidine rings is 1. The highest BCUT2D eigenvalue weighted by Gasteiger charge is 2.20. The predicted octanol–water partition coefficient (Wildman–Crippen LogP) is 1.63. The molecule has 1 fully saturated rings. The van der Waals surface area contributed by atoms with Crippen LogP contribution in [-0.2, 0) is 6.54 Å². The molecule has 4 nitrogen and oxygen atoms in total. The van der Waals surface area contributed by atoms with Gasteiger partial charge in [-0.05, 0) is 38.4 Å². The highest BCUT2D eigenvalue weighted by Crippen LogP contribution is 2.15. The third kappa shape index (κ3) is 2.44. The summed E-state index contributed by atoms with van der Waals surface area (Å²) in [6.45, 7) is 2.38. The number of hydrogen-bond acceptors (Lipinski definition) is 3. The number of nitrogens with one attached hydrogen (secondary N) is 1. The van der Waals surface area contributed by atoms with Gasteiger partial charge in [0.25, 0.3) is 5.91 Å². The Hall–Kier alpha value is -1.29. The summed E-state index contributed by atoms with van der Waals surface area (Å²) in [6.07, 6.45) is 3.44. The molecule has 0 aliphatic carbocycles. The minimum absolute atomic E-state index is 0.0297. The van der Waals surface area contributed by atoms with Crippen molar-refractivity contribution in [2.75, 3.05) is 20.1 Å². The average molecular weight is 222 g/mol. The lowest BCUT2D eigenvalue weighted by molar-refractivity contribution is 0.0690. The van der Waals surface area contributed by atoms with Crippen LogP contribution in [0.1, 0.15) is 35.6 Å². The summed E-state index contributed by atoms with van der Waals surface area (Å²) >= 11 is 0. The fraction of sp³-hybridized carbons (Fsp3) is 0.583. The van der Waals surface area contributed by atoms with Crippen LogP contribution in [0.5, 0.6) is 0 Å². The van der Waals surface area contributed by atoms with E-state index in [4.69, 9.17) is 4.42 Å². The van der Waals surface area contributed by atoms with Crippen LogP contribution in [0.25, 0.3) is 0 Å². The summed E-state index contributed by atoms with van der Waals surface area (Å²) in [7, 11) is 1.86. The van der Waals surface area contributed by atoms with Crippen LogP contribution < -0.4 is 5.32 Å². The lowest BCUT2D eigenvalue weighted by atomic mass is 10.1. The molecule has 0 unspecified atom stereocenters. The van der Waals surface area contributed by atoms with E-state index >= 15 is 0 Å². The quantitative estimate of drug-likeness (QED) is 0.845. The van der Waals surface area contributed by atoms with Gasteiger partial charge in [0.05, 0.1) is 6.54 Å². The number of nitrogens with zero attached hydrogens (tertiary/aromatic N) is 1. The van der Waals surface area contributed by atoms with Gasteiger partial charge in [-0.1, -0.05) is 0 Å². The third-order valence-electron chi connectivity index (χ3n) is 2.87. The minimum atomic E-state index is 0.0297. The Morgan fingerprint density at radius 2 is 2.12 bits per heavy atom. The zero-order valence-corrected chi connectivity index (χ0v) is 9.66. The lowest BCUT2D eigenvalue weighted by Gasteiger charge is -2.25. The van der Waals surface area contributed by atoms with Gasteiger partial charge in [-0.3, -0.25) is 4.79 Å². The van der Waals surface area contributed by atoms with Crippen molar-refractivity contribution in [3.05, 3.63) is 23.7 Å². The molecular weight excluding hydrogens is 204 g/mol. The van der Waals surface area contributed by atoms with Crippen molar-refractivity contribution in [1.29, 1.82) is 0 Å². The van der Waals surface area contributed by atoms with Gasteiger partial charge in [-0.15, -0.1) is 0 Å². The van der Waals surface area contributed by atoms with Crippen LogP contribution in [0.3, 0.4) is 0 Å². The lowest BCUT2D eigenvalue weighted by Crippen LogP contribution is -2.35. The average Bonchev–Trinajstić information content (AvgIpc) is 2.78. The van der Waals surface area contributed by atoms with E-state index in [0.29, 0.717) is 12.3 Å². The van der Waals surface area contributed by atoms with Crippen LogP contribution in [0.4, 0.5) is 0 Å².